The molecule has 1 saturated carbocycles. The first-order valence-corrected chi connectivity index (χ1v) is 13.7. The van der Waals surface area contributed by atoms with Gasteiger partial charge in [-0.15, -0.1) is 5.10 Å². The molecule has 2 fully saturated rings. The highest BCUT2D eigenvalue weighted by atomic mass is 32.2. The molecule has 2 unspecified atom stereocenters. The number of benzene rings is 1. The molecule has 1 aliphatic carbocycles. The Labute approximate surface area is 220 Å². The zero-order valence-electron chi connectivity index (χ0n) is 21.3. The van der Waals surface area contributed by atoms with Crippen molar-refractivity contribution in [2.24, 2.45) is 5.92 Å². The maximum atomic E-state index is 14.8. The molecule has 1 saturated heterocycles. The summed E-state index contributed by atoms with van der Waals surface area (Å²) in [5.41, 5.74) is 2.00. The van der Waals surface area contributed by atoms with Gasteiger partial charge >= 0.3 is 5.97 Å². The van der Waals surface area contributed by atoms with Crippen LogP contribution in [0.15, 0.2) is 36.0 Å². The number of ketones is 1. The number of hydrogen-bond acceptors (Lipinski definition) is 8. The number of nitrogens with zero attached hydrogens (tertiary/aromatic N) is 4. The Bertz CT molecular complexity index is 1160. The number of thioether (sulfide) groups is 1. The minimum atomic E-state index is -0.654. The van der Waals surface area contributed by atoms with Gasteiger partial charge in [-0.05, 0) is 50.3 Å². The minimum absolute atomic E-state index is 0.0177. The number of ether oxygens (including phenoxy) is 1. The third-order valence-electron chi connectivity index (χ3n) is 6.56. The lowest BCUT2D eigenvalue weighted by atomic mass is 9.93. The van der Waals surface area contributed by atoms with E-state index >= 15 is 0 Å². The summed E-state index contributed by atoms with van der Waals surface area (Å²) < 4.78 is 21.5. The van der Waals surface area contributed by atoms with Gasteiger partial charge in [-0.25, -0.2) is 4.39 Å². The van der Waals surface area contributed by atoms with Gasteiger partial charge in [0.25, 0.3) is 0 Å². The topological polar surface area (TPSA) is 94.4 Å². The van der Waals surface area contributed by atoms with Crippen LogP contribution in [0, 0.1) is 11.7 Å². The molecule has 2 aromatic rings. The summed E-state index contributed by atoms with van der Waals surface area (Å²) in [5.74, 6) is -0.565. The van der Waals surface area contributed by atoms with Crippen molar-refractivity contribution in [2.75, 3.05) is 19.7 Å². The highest BCUT2D eigenvalue weighted by Crippen LogP contribution is 2.40. The number of likely N-dealkylation sites (tertiary alicyclic amines) is 1. The van der Waals surface area contributed by atoms with E-state index in [1.54, 1.807) is 42.9 Å². The van der Waals surface area contributed by atoms with Crippen LogP contribution >= 0.6 is 11.8 Å². The van der Waals surface area contributed by atoms with Crippen LogP contribution in [0.5, 0.6) is 0 Å². The number of piperidine rings is 1. The second-order valence-electron chi connectivity index (χ2n) is 9.49. The number of esters is 1. The minimum Gasteiger partial charge on any atom is -0.466 e. The van der Waals surface area contributed by atoms with Crippen LogP contribution in [0.2, 0.25) is 0 Å². The molecule has 0 amide bonds. The van der Waals surface area contributed by atoms with E-state index in [-0.39, 0.29) is 33.9 Å². The molecule has 8 nitrogen and oxygen atoms in total. The van der Waals surface area contributed by atoms with Crippen molar-refractivity contribution < 1.29 is 23.5 Å². The quantitative estimate of drug-likeness (QED) is 0.400. The van der Waals surface area contributed by atoms with Gasteiger partial charge < -0.3 is 4.74 Å². The largest absolute Gasteiger partial charge is 0.466 e. The van der Waals surface area contributed by atoms with Gasteiger partial charge in [-0.3, -0.25) is 24.0 Å². The third-order valence-corrected chi connectivity index (χ3v) is 7.72. The van der Waals surface area contributed by atoms with E-state index in [2.05, 4.69) is 10.3 Å². The number of carbonyl (C=O) groups is 3. The van der Waals surface area contributed by atoms with Crippen LogP contribution < -0.4 is 0 Å². The molecule has 0 N–H and O–H groups in total. The smallest absolute Gasteiger partial charge is 0.305 e. The first-order chi connectivity index (χ1) is 17.9. The molecule has 0 radical (unpaired) electrons. The van der Waals surface area contributed by atoms with Crippen LogP contribution in [0.4, 0.5) is 4.39 Å². The predicted octanol–water partition coefficient (Wildman–Crippen LogP) is 4.22. The molecule has 0 spiro atoms. The van der Waals surface area contributed by atoms with Gasteiger partial charge in [-0.1, -0.05) is 35.2 Å². The number of aromatic nitrogens is 3. The summed E-state index contributed by atoms with van der Waals surface area (Å²) in [4.78, 5) is 38.9. The van der Waals surface area contributed by atoms with Gasteiger partial charge in [0.1, 0.15) is 11.5 Å². The monoisotopic (exact) mass is 528 g/mol. The normalized spacial score (nSPS) is 20.1. The average Bonchev–Trinajstić information content (AvgIpc) is 3.62. The number of rotatable bonds is 11. The molecule has 0 bridgehead atoms. The van der Waals surface area contributed by atoms with E-state index < -0.39 is 6.04 Å². The zero-order valence-corrected chi connectivity index (χ0v) is 22.1. The van der Waals surface area contributed by atoms with E-state index in [0.717, 1.165) is 18.4 Å². The van der Waals surface area contributed by atoms with Crippen LogP contribution in [0.25, 0.3) is 6.08 Å². The molecule has 4 rings (SSSR count). The number of Topliss-reactive ketones (excluding diaryl/α,β-unsaturated/α-hetero) is 1. The number of hydrogen-bond donors (Lipinski definition) is 0. The summed E-state index contributed by atoms with van der Waals surface area (Å²) in [6.07, 6.45) is 6.97. The first-order valence-electron chi connectivity index (χ1n) is 12.8. The Balaban J connectivity index is 1.54. The second-order valence-corrected chi connectivity index (χ2v) is 10.9. The van der Waals surface area contributed by atoms with E-state index in [1.807, 2.05) is 11.0 Å². The van der Waals surface area contributed by atoms with Crippen molar-refractivity contribution in [1.82, 2.24) is 19.9 Å². The lowest BCUT2D eigenvalue weighted by Gasteiger charge is -2.38. The summed E-state index contributed by atoms with van der Waals surface area (Å²) in [6.45, 7) is 5.23. The molecule has 37 heavy (non-hydrogen) atoms. The molecule has 1 aromatic heterocycles. The highest BCUT2D eigenvalue weighted by Gasteiger charge is 2.41. The third kappa shape index (κ3) is 7.35. The van der Waals surface area contributed by atoms with Gasteiger partial charge in [0.2, 0.25) is 0 Å². The highest BCUT2D eigenvalue weighted by molar-refractivity contribution is 8.14. The van der Waals surface area contributed by atoms with Crippen molar-refractivity contribution in [3.05, 3.63) is 53.1 Å². The summed E-state index contributed by atoms with van der Waals surface area (Å²) in [5, 5.41) is 8.38. The fourth-order valence-electron chi connectivity index (χ4n) is 4.69. The van der Waals surface area contributed by atoms with Gasteiger partial charge in [0, 0.05) is 49.7 Å². The second kappa shape index (κ2) is 12.6. The van der Waals surface area contributed by atoms with Crippen molar-refractivity contribution >= 4 is 34.7 Å². The SMILES string of the molecule is CCOC(=O)CCCn1cc(/C=C2/CN(C(C(=O)C3CC3)c3ccccc3F)CCC2SC(C)=O)nn1. The zero-order chi connectivity index (χ0) is 26.4. The number of aryl methyl sites for hydroxylation is 1. The van der Waals surface area contributed by atoms with Crippen LogP contribution in [0.1, 0.15) is 63.3 Å². The Morgan fingerprint density at radius 1 is 1.24 bits per heavy atom. The molecule has 198 valence electrons. The van der Waals surface area contributed by atoms with Crippen LogP contribution in [-0.2, 0) is 25.7 Å². The van der Waals surface area contributed by atoms with Crippen molar-refractivity contribution in [3.8, 4) is 0 Å². The molecule has 1 aromatic carbocycles. The molecular formula is C27H33FN4O4S. The average molecular weight is 529 g/mol. The maximum absolute atomic E-state index is 14.8. The van der Waals surface area contributed by atoms with E-state index in [9.17, 15) is 18.8 Å². The van der Waals surface area contributed by atoms with Crippen molar-refractivity contribution in [1.29, 1.82) is 0 Å². The summed E-state index contributed by atoms with van der Waals surface area (Å²) in [6, 6.07) is 5.84. The lowest BCUT2D eigenvalue weighted by molar-refractivity contribution is -0.143. The van der Waals surface area contributed by atoms with Gasteiger partial charge in [0.05, 0.1) is 18.8 Å². The first kappa shape index (κ1) is 27.2. The van der Waals surface area contributed by atoms with E-state index in [4.69, 9.17) is 4.74 Å². The van der Waals surface area contributed by atoms with Crippen molar-refractivity contribution in [2.45, 2.75) is 63.8 Å². The number of halogens is 1. The van der Waals surface area contributed by atoms with Crippen molar-refractivity contribution in [3.63, 3.8) is 0 Å². The molecule has 2 heterocycles. The Morgan fingerprint density at radius 2 is 2.03 bits per heavy atom. The van der Waals surface area contributed by atoms with Gasteiger partial charge in [-0.2, -0.15) is 0 Å². The standard InChI is InChI=1S/C27H33FN4O4S/c1-3-36-25(34)9-6-13-32-17-21(29-30-32)15-20-16-31(14-12-24(20)37-18(2)33)26(27(35)19-10-11-19)22-7-4-5-8-23(22)28/h4-5,7-8,15,17,19,24,26H,3,6,9-14,16H2,1-2H3/b20-15-. The van der Waals surface area contributed by atoms with E-state index in [1.165, 1.54) is 17.8 Å². The Hall–Kier alpha value is -2.85. The summed E-state index contributed by atoms with van der Waals surface area (Å²) >= 11 is 1.27. The van der Waals surface area contributed by atoms with Crippen LogP contribution in [0.3, 0.4) is 0 Å². The molecule has 1 aliphatic heterocycles. The fraction of sp³-hybridized carbons (Fsp3) is 0.519. The maximum Gasteiger partial charge on any atom is 0.305 e. The lowest BCUT2D eigenvalue weighted by Crippen LogP contribution is -2.43. The molecule has 2 atom stereocenters. The van der Waals surface area contributed by atoms with E-state index in [0.29, 0.717) is 56.8 Å². The predicted molar refractivity (Wildman–Crippen MR) is 139 cm³/mol. The van der Waals surface area contributed by atoms with Gasteiger partial charge in [0.15, 0.2) is 10.9 Å². The molecule has 10 heteroatoms. The number of carbonyl (C=O) groups excluding carboxylic acids is 3. The fourth-order valence-corrected chi connectivity index (χ4v) is 5.61. The summed E-state index contributed by atoms with van der Waals surface area (Å²) in [7, 11) is 0. The molecular weight excluding hydrogens is 495 g/mol. The molecule has 2 aliphatic rings. The van der Waals surface area contributed by atoms with Crippen LogP contribution in [-0.4, -0.2) is 61.7 Å². The Kier molecular flexibility index (Phi) is 9.26. The Morgan fingerprint density at radius 3 is 2.73 bits per heavy atom.